The number of hydrogen-bond acceptors (Lipinski definition) is 4. The molecule has 1 amide bonds. The van der Waals surface area contributed by atoms with Gasteiger partial charge in [-0.1, -0.05) is 39.3 Å². The number of nitrogens with zero attached hydrogens (tertiary/aromatic N) is 1. The second-order valence-electron chi connectivity index (χ2n) is 7.95. The Bertz CT molecular complexity index is 667. The summed E-state index contributed by atoms with van der Waals surface area (Å²) >= 11 is 0. The third-order valence-corrected chi connectivity index (χ3v) is 5.56. The van der Waals surface area contributed by atoms with Crippen molar-refractivity contribution in [1.82, 2.24) is 10.1 Å². The maximum Gasteiger partial charge on any atom is 0.413 e. The summed E-state index contributed by atoms with van der Waals surface area (Å²) in [7, 11) is 2.15. The summed E-state index contributed by atoms with van der Waals surface area (Å²) in [6.07, 6.45) is 3.76. The van der Waals surface area contributed by atoms with E-state index in [0.29, 0.717) is 5.75 Å². The van der Waals surface area contributed by atoms with Crippen molar-refractivity contribution in [2.24, 2.45) is 5.92 Å². The number of carbonyl (C=O) groups excluding carboxylic acids is 1. The van der Waals surface area contributed by atoms with Crippen molar-refractivity contribution in [2.75, 3.05) is 13.1 Å². The van der Waals surface area contributed by atoms with E-state index in [1.807, 2.05) is 12.1 Å². The monoisotopic (exact) mass is 374 g/mol. The van der Waals surface area contributed by atoms with Crippen LogP contribution in [0.15, 0.2) is 24.3 Å². The molecule has 1 unspecified atom stereocenters. The van der Waals surface area contributed by atoms with Crippen molar-refractivity contribution < 1.29 is 19.4 Å². The topological polar surface area (TPSA) is 78.9 Å². The van der Waals surface area contributed by atoms with Crippen LogP contribution in [0.25, 0.3) is 0 Å². The number of ether oxygens (including phenoxy) is 1. The number of carboxylic acid groups (broad SMARTS) is 1. The number of carbonyl (C=O) groups is 2. The summed E-state index contributed by atoms with van der Waals surface area (Å²) in [5, 5.41) is 11.7. The normalized spacial score (nSPS) is 22.1. The van der Waals surface area contributed by atoms with E-state index >= 15 is 0 Å². The molecule has 1 aliphatic rings. The summed E-state index contributed by atoms with van der Waals surface area (Å²) in [4.78, 5) is 25.8. The molecule has 2 atom stereocenters. The minimum Gasteiger partial charge on any atom is -0.480 e. The van der Waals surface area contributed by atoms with Crippen molar-refractivity contribution in [2.45, 2.75) is 57.9 Å². The lowest BCUT2D eigenvalue weighted by atomic mass is 9.74. The second kappa shape index (κ2) is 9.26. The molecule has 1 aromatic rings. The van der Waals surface area contributed by atoms with Crippen LogP contribution < -0.4 is 10.1 Å². The molecule has 0 saturated carbocycles. The van der Waals surface area contributed by atoms with Gasteiger partial charge in [0.1, 0.15) is 11.8 Å². The summed E-state index contributed by atoms with van der Waals surface area (Å²) in [6, 6.07) is 6.68. The highest BCUT2D eigenvalue weighted by Gasteiger charge is 2.33. The first-order valence-electron chi connectivity index (χ1n) is 9.77. The number of rotatable bonds is 6. The molecule has 1 aliphatic heterocycles. The fourth-order valence-corrected chi connectivity index (χ4v) is 3.91. The van der Waals surface area contributed by atoms with Crippen molar-refractivity contribution >= 4 is 20.0 Å². The average molecular weight is 374 g/mol. The smallest absolute Gasteiger partial charge is 0.413 e. The second-order valence-corrected chi connectivity index (χ2v) is 7.95. The molecule has 2 N–H and O–H groups in total. The minimum atomic E-state index is -1.07. The number of carboxylic acids is 1. The Hall–Kier alpha value is -2.02. The Morgan fingerprint density at radius 2 is 2.11 bits per heavy atom. The third-order valence-electron chi connectivity index (χ3n) is 5.56. The van der Waals surface area contributed by atoms with Gasteiger partial charge in [0.05, 0.1) is 0 Å². The van der Waals surface area contributed by atoms with Crippen LogP contribution >= 0.6 is 0 Å². The largest absolute Gasteiger partial charge is 0.480 e. The summed E-state index contributed by atoms with van der Waals surface area (Å²) in [5.74, 6) is -0.856. The van der Waals surface area contributed by atoms with Gasteiger partial charge >= 0.3 is 12.1 Å². The van der Waals surface area contributed by atoms with E-state index in [9.17, 15) is 14.7 Å². The molecule has 0 radical (unpaired) electrons. The van der Waals surface area contributed by atoms with E-state index in [2.05, 4.69) is 31.1 Å². The molecule has 1 heterocycles. The Kier molecular flexibility index (Phi) is 7.30. The molecule has 2 rings (SSSR count). The molecule has 0 aromatic heterocycles. The first-order chi connectivity index (χ1) is 12.8. The van der Waals surface area contributed by atoms with Crippen molar-refractivity contribution in [3.05, 3.63) is 29.8 Å². The SMILES string of the molecule is BN1CCCCC(CC)(c2cccc(OC(=O)N[C@H](C(=O)O)C(C)C)c2)C1. The van der Waals surface area contributed by atoms with Gasteiger partial charge in [0.15, 0.2) is 7.98 Å². The minimum absolute atomic E-state index is 0.0443. The van der Waals surface area contributed by atoms with Crippen molar-refractivity contribution in [1.29, 1.82) is 0 Å². The molecule has 148 valence electrons. The van der Waals surface area contributed by atoms with Gasteiger partial charge in [-0.05, 0) is 56.0 Å². The molecule has 7 heteroatoms. The van der Waals surface area contributed by atoms with E-state index in [1.165, 1.54) is 18.4 Å². The first-order valence-corrected chi connectivity index (χ1v) is 9.77. The molecular weight excluding hydrogens is 343 g/mol. The molecular formula is C20H31BN2O4. The van der Waals surface area contributed by atoms with Crippen molar-refractivity contribution in [3.8, 4) is 5.75 Å². The van der Waals surface area contributed by atoms with Crippen LogP contribution in [0.4, 0.5) is 4.79 Å². The number of aliphatic carboxylic acids is 1. The van der Waals surface area contributed by atoms with Crippen LogP contribution in [-0.4, -0.2) is 49.1 Å². The van der Waals surface area contributed by atoms with Gasteiger partial charge < -0.3 is 20.0 Å². The predicted octanol–water partition coefficient (Wildman–Crippen LogP) is 2.57. The van der Waals surface area contributed by atoms with Crippen LogP contribution in [0.3, 0.4) is 0 Å². The number of hydrogen-bond donors (Lipinski definition) is 2. The van der Waals surface area contributed by atoms with Crippen molar-refractivity contribution in [3.63, 3.8) is 0 Å². The van der Waals surface area contributed by atoms with Gasteiger partial charge in [-0.3, -0.25) is 0 Å². The van der Waals surface area contributed by atoms with Gasteiger partial charge in [0, 0.05) is 5.41 Å². The van der Waals surface area contributed by atoms with E-state index in [0.717, 1.165) is 25.9 Å². The molecule has 1 aromatic carbocycles. The maximum absolute atomic E-state index is 12.2. The molecule has 1 fully saturated rings. The summed E-state index contributed by atoms with van der Waals surface area (Å²) in [5.41, 5.74) is 1.21. The van der Waals surface area contributed by atoms with E-state index in [1.54, 1.807) is 19.9 Å². The van der Waals surface area contributed by atoms with E-state index in [4.69, 9.17) is 4.74 Å². The zero-order chi connectivity index (χ0) is 20.0. The van der Waals surface area contributed by atoms with Gasteiger partial charge in [0.25, 0.3) is 0 Å². The number of amides is 1. The summed E-state index contributed by atoms with van der Waals surface area (Å²) < 4.78 is 5.40. The highest BCUT2D eigenvalue weighted by atomic mass is 16.6. The molecule has 6 nitrogen and oxygen atoms in total. The third kappa shape index (κ3) is 5.48. The van der Waals surface area contributed by atoms with E-state index < -0.39 is 18.1 Å². The van der Waals surface area contributed by atoms with Gasteiger partial charge in [0.2, 0.25) is 0 Å². The summed E-state index contributed by atoms with van der Waals surface area (Å²) in [6.45, 7) is 7.78. The fraction of sp³-hybridized carbons (Fsp3) is 0.600. The van der Waals surface area contributed by atoms with Crippen LogP contribution in [0, 0.1) is 5.92 Å². The molecule has 1 saturated heterocycles. The molecule has 0 aliphatic carbocycles. The first kappa shape index (κ1) is 21.3. The zero-order valence-corrected chi connectivity index (χ0v) is 16.8. The van der Waals surface area contributed by atoms with Crippen LogP contribution in [0.1, 0.15) is 52.0 Å². The fourth-order valence-electron chi connectivity index (χ4n) is 3.91. The highest BCUT2D eigenvalue weighted by molar-refractivity contribution is 6.04. The lowest BCUT2D eigenvalue weighted by molar-refractivity contribution is -0.140. The highest BCUT2D eigenvalue weighted by Crippen LogP contribution is 2.37. The quantitative estimate of drug-likeness (QED) is 0.749. The average Bonchev–Trinajstić information content (AvgIpc) is 2.81. The predicted molar refractivity (Wildman–Crippen MR) is 108 cm³/mol. The van der Waals surface area contributed by atoms with Gasteiger partial charge in [-0.25, -0.2) is 9.59 Å². The number of nitrogens with one attached hydrogen (secondary N) is 1. The van der Waals surface area contributed by atoms with Gasteiger partial charge in [-0.2, -0.15) is 0 Å². The maximum atomic E-state index is 12.2. The van der Waals surface area contributed by atoms with Crippen LogP contribution in [0.2, 0.25) is 0 Å². The zero-order valence-electron chi connectivity index (χ0n) is 16.8. The van der Waals surface area contributed by atoms with Crippen LogP contribution in [-0.2, 0) is 10.2 Å². The number of benzene rings is 1. The molecule has 27 heavy (non-hydrogen) atoms. The lowest BCUT2D eigenvalue weighted by Crippen LogP contribution is -2.45. The Morgan fingerprint density at radius 1 is 1.37 bits per heavy atom. The standard InChI is InChI=1S/C20H31BN2O4/c1-4-20(10-5-6-11-23(21)13-20)15-8-7-9-16(12-15)27-19(26)22-17(14(2)3)18(24)25/h7-9,12,14,17H,4-6,10-11,13,21H2,1-3H3,(H,22,26)(H,24,25)/t17-,20?/m0/s1. The molecule has 0 spiro atoms. The lowest BCUT2D eigenvalue weighted by Gasteiger charge is -2.35. The van der Waals surface area contributed by atoms with Crippen LogP contribution in [0.5, 0.6) is 5.75 Å². The van der Waals surface area contributed by atoms with E-state index in [-0.39, 0.29) is 11.3 Å². The Balaban J connectivity index is 2.16. The van der Waals surface area contributed by atoms with Gasteiger partial charge in [-0.15, -0.1) is 0 Å². The molecule has 0 bridgehead atoms. The Morgan fingerprint density at radius 3 is 2.74 bits per heavy atom. The Labute approximate surface area is 162 Å².